The highest BCUT2D eigenvalue weighted by atomic mass is 32.2. The highest BCUT2D eigenvalue weighted by Crippen LogP contribution is 2.55. The van der Waals surface area contributed by atoms with Crippen molar-refractivity contribution in [2.45, 2.75) is 34.7 Å². The van der Waals surface area contributed by atoms with Crippen LogP contribution in [0.25, 0.3) is 0 Å². The number of esters is 1. The lowest BCUT2D eigenvalue weighted by Crippen LogP contribution is -2.48. The number of ether oxygens (including phenoxy) is 3. The van der Waals surface area contributed by atoms with E-state index in [2.05, 4.69) is 0 Å². The van der Waals surface area contributed by atoms with E-state index in [0.29, 0.717) is 26.1 Å². The van der Waals surface area contributed by atoms with E-state index in [1.165, 1.54) is 7.11 Å². The molecular weight excluding hydrogens is 356 g/mol. The molecule has 0 N–H and O–H groups in total. The van der Waals surface area contributed by atoms with Crippen LogP contribution in [0.5, 0.6) is 0 Å². The van der Waals surface area contributed by atoms with Gasteiger partial charge < -0.3 is 14.2 Å². The third-order valence-electron chi connectivity index (χ3n) is 5.84. The second-order valence-corrected chi connectivity index (χ2v) is 9.41. The number of carbonyl (C=O) groups is 1. The maximum atomic E-state index is 13.6. The van der Waals surface area contributed by atoms with Gasteiger partial charge in [0.15, 0.2) is 15.6 Å². The van der Waals surface area contributed by atoms with Gasteiger partial charge in [-0.2, -0.15) is 0 Å². The van der Waals surface area contributed by atoms with Crippen molar-refractivity contribution in [1.82, 2.24) is 0 Å². The van der Waals surface area contributed by atoms with Crippen molar-refractivity contribution in [3.8, 4) is 0 Å². The molecule has 1 aromatic carbocycles. The molecule has 2 fully saturated rings. The summed E-state index contributed by atoms with van der Waals surface area (Å²) in [6.45, 7) is 0.964. The molecule has 0 unspecified atom stereocenters. The number of benzene rings is 1. The van der Waals surface area contributed by atoms with Crippen molar-refractivity contribution in [1.29, 1.82) is 0 Å². The maximum Gasteiger partial charge on any atom is 0.308 e. The van der Waals surface area contributed by atoms with Crippen molar-refractivity contribution in [3.05, 3.63) is 42.5 Å². The maximum absolute atomic E-state index is 13.6. The Bertz CT molecular complexity index is 825. The number of sulfone groups is 1. The van der Waals surface area contributed by atoms with Crippen LogP contribution in [-0.2, 0) is 28.8 Å². The normalized spacial score (nSPS) is 32.5. The smallest absolute Gasteiger partial charge is 0.308 e. The van der Waals surface area contributed by atoms with Crippen LogP contribution in [0.4, 0.5) is 0 Å². The average Bonchev–Trinajstić information content (AvgIpc) is 3.27. The van der Waals surface area contributed by atoms with Crippen molar-refractivity contribution >= 4 is 15.8 Å². The summed E-state index contributed by atoms with van der Waals surface area (Å²) in [6, 6.07) is 8.41. The van der Waals surface area contributed by atoms with Gasteiger partial charge in [0.05, 0.1) is 35.9 Å². The molecule has 140 valence electrons. The molecule has 4 rings (SSSR count). The fourth-order valence-corrected chi connectivity index (χ4v) is 6.83. The highest BCUT2D eigenvalue weighted by Gasteiger charge is 2.61. The molecule has 6 nitrogen and oxygen atoms in total. The van der Waals surface area contributed by atoms with E-state index >= 15 is 0 Å². The van der Waals surface area contributed by atoms with E-state index < -0.39 is 26.3 Å². The van der Waals surface area contributed by atoms with E-state index in [0.717, 1.165) is 0 Å². The fraction of sp³-hybridized carbons (Fsp3) is 0.526. The van der Waals surface area contributed by atoms with E-state index in [-0.39, 0.29) is 23.2 Å². The number of methoxy groups -OCH3 is 1. The summed E-state index contributed by atoms with van der Waals surface area (Å²) in [4.78, 5) is 12.4. The van der Waals surface area contributed by atoms with Crippen LogP contribution in [0.3, 0.4) is 0 Å². The van der Waals surface area contributed by atoms with Gasteiger partial charge in [0.25, 0.3) is 0 Å². The zero-order chi connectivity index (χ0) is 18.4. The minimum atomic E-state index is -3.69. The molecule has 26 heavy (non-hydrogen) atoms. The lowest BCUT2D eigenvalue weighted by atomic mass is 9.83. The van der Waals surface area contributed by atoms with Crippen LogP contribution in [0.15, 0.2) is 47.4 Å². The molecule has 0 radical (unpaired) electrons. The Morgan fingerprint density at radius 2 is 1.81 bits per heavy atom. The first-order chi connectivity index (χ1) is 12.4. The Morgan fingerprint density at radius 3 is 2.46 bits per heavy atom. The molecule has 3 aliphatic rings. The van der Waals surface area contributed by atoms with E-state index in [9.17, 15) is 13.2 Å². The topological polar surface area (TPSA) is 78.9 Å². The molecule has 1 spiro atoms. The molecule has 1 heterocycles. The number of hydrogen-bond acceptors (Lipinski definition) is 6. The quantitative estimate of drug-likeness (QED) is 0.592. The molecular formula is C19H22O6S. The second kappa shape index (κ2) is 6.18. The summed E-state index contributed by atoms with van der Waals surface area (Å²) < 4.78 is 42.4. The van der Waals surface area contributed by atoms with Gasteiger partial charge in [0.2, 0.25) is 0 Å². The first-order valence-electron chi connectivity index (χ1n) is 8.78. The standard InChI is InChI=1S/C19H22O6S/c1-23-17(20)14-11-15-13-19(24-9-10-25-19)8-7-18(15,12-14)26(21,22)16-5-3-2-4-6-16/h2-8,14-15H,9-13H2,1H3/t14-,15-,18+/m0/s1. The molecule has 1 saturated carbocycles. The van der Waals surface area contributed by atoms with Crippen LogP contribution < -0.4 is 0 Å². The predicted molar refractivity (Wildman–Crippen MR) is 93.0 cm³/mol. The van der Waals surface area contributed by atoms with Gasteiger partial charge in [-0.3, -0.25) is 4.79 Å². The predicted octanol–water partition coefficient (Wildman–Crippen LogP) is 2.10. The van der Waals surface area contributed by atoms with Crippen LogP contribution in [-0.4, -0.2) is 45.2 Å². The number of fused-ring (bicyclic) bond motifs is 1. The van der Waals surface area contributed by atoms with E-state index in [4.69, 9.17) is 14.2 Å². The SMILES string of the molecule is COC(=O)[C@H]1C[C@H]2CC3(C=C[C@@]2(S(=O)(=O)c2ccccc2)C1)OCCO3. The van der Waals surface area contributed by atoms with Crippen LogP contribution >= 0.6 is 0 Å². The molecule has 0 aromatic heterocycles. The molecule has 1 aliphatic heterocycles. The van der Waals surface area contributed by atoms with Gasteiger partial charge in [-0.1, -0.05) is 24.3 Å². The van der Waals surface area contributed by atoms with Crippen molar-refractivity contribution < 1.29 is 27.4 Å². The summed E-state index contributed by atoms with van der Waals surface area (Å²) in [7, 11) is -2.35. The summed E-state index contributed by atoms with van der Waals surface area (Å²) in [5, 5.41) is 0. The lowest BCUT2D eigenvalue weighted by Gasteiger charge is -2.40. The molecule has 3 atom stereocenters. The Kier molecular flexibility index (Phi) is 4.21. The van der Waals surface area contributed by atoms with E-state index in [1.807, 2.05) is 0 Å². The molecule has 2 aliphatic carbocycles. The number of hydrogen-bond donors (Lipinski definition) is 0. The van der Waals surface area contributed by atoms with Crippen LogP contribution in [0.2, 0.25) is 0 Å². The number of rotatable bonds is 3. The molecule has 0 amide bonds. The Balaban J connectivity index is 1.80. The van der Waals surface area contributed by atoms with Gasteiger partial charge in [-0.25, -0.2) is 8.42 Å². The van der Waals surface area contributed by atoms with Crippen LogP contribution in [0.1, 0.15) is 19.3 Å². The minimum absolute atomic E-state index is 0.216. The average molecular weight is 378 g/mol. The summed E-state index contributed by atoms with van der Waals surface area (Å²) in [6.07, 6.45) is 4.52. The van der Waals surface area contributed by atoms with Gasteiger partial charge >= 0.3 is 5.97 Å². The third-order valence-corrected chi connectivity index (χ3v) is 8.37. The summed E-state index contributed by atoms with van der Waals surface area (Å²) in [5.74, 6) is -1.96. The van der Waals surface area contributed by atoms with E-state index in [1.54, 1.807) is 42.5 Å². The van der Waals surface area contributed by atoms with Crippen molar-refractivity contribution in [3.63, 3.8) is 0 Å². The summed E-state index contributed by atoms with van der Waals surface area (Å²) >= 11 is 0. The zero-order valence-electron chi connectivity index (χ0n) is 14.6. The lowest BCUT2D eigenvalue weighted by molar-refractivity contribution is -0.146. The monoisotopic (exact) mass is 378 g/mol. The Hall–Kier alpha value is -1.70. The van der Waals surface area contributed by atoms with Gasteiger partial charge in [-0.05, 0) is 37.0 Å². The minimum Gasteiger partial charge on any atom is -0.469 e. The highest BCUT2D eigenvalue weighted by molar-refractivity contribution is 7.93. The zero-order valence-corrected chi connectivity index (χ0v) is 15.4. The second-order valence-electron chi connectivity index (χ2n) is 7.17. The first kappa shape index (κ1) is 17.7. The van der Waals surface area contributed by atoms with Gasteiger partial charge in [0, 0.05) is 6.42 Å². The van der Waals surface area contributed by atoms with Gasteiger partial charge in [-0.15, -0.1) is 0 Å². The molecule has 1 saturated heterocycles. The Labute approximate surface area is 153 Å². The van der Waals surface area contributed by atoms with Crippen molar-refractivity contribution in [2.24, 2.45) is 11.8 Å². The summed E-state index contributed by atoms with van der Waals surface area (Å²) in [5.41, 5.74) is 0. The van der Waals surface area contributed by atoms with Gasteiger partial charge in [0.1, 0.15) is 0 Å². The largest absolute Gasteiger partial charge is 0.469 e. The number of carbonyl (C=O) groups excluding carboxylic acids is 1. The molecule has 0 bridgehead atoms. The first-order valence-corrected chi connectivity index (χ1v) is 10.3. The van der Waals surface area contributed by atoms with Crippen molar-refractivity contribution in [2.75, 3.05) is 20.3 Å². The molecule has 1 aromatic rings. The van der Waals surface area contributed by atoms with Crippen LogP contribution in [0, 0.1) is 11.8 Å². The molecule has 7 heteroatoms. The Morgan fingerprint density at radius 1 is 1.12 bits per heavy atom. The third kappa shape index (κ3) is 2.52. The fourth-order valence-electron chi connectivity index (χ4n) is 4.59.